The Morgan fingerprint density at radius 3 is 2.35 bits per heavy atom. The zero-order chi connectivity index (χ0) is 22.3. The van der Waals surface area contributed by atoms with E-state index in [4.69, 9.17) is 4.74 Å². The molecule has 3 rings (SSSR count). The van der Waals surface area contributed by atoms with Crippen molar-refractivity contribution in [2.75, 3.05) is 36.9 Å². The quantitative estimate of drug-likeness (QED) is 0.639. The first-order valence-corrected chi connectivity index (χ1v) is 12.3. The Kier molecular flexibility index (Phi) is 7.67. The van der Waals surface area contributed by atoms with Crippen LogP contribution in [0.4, 0.5) is 10.1 Å². The van der Waals surface area contributed by atoms with E-state index in [0.717, 1.165) is 19.1 Å². The molecule has 0 saturated carbocycles. The number of rotatable bonds is 9. The molecule has 0 spiro atoms. The van der Waals surface area contributed by atoms with Gasteiger partial charge in [-0.15, -0.1) is 0 Å². The van der Waals surface area contributed by atoms with Crippen LogP contribution >= 0.6 is 0 Å². The fraction of sp³-hybridized carbons (Fsp3) is 0.435. The molecule has 0 aliphatic carbocycles. The van der Waals surface area contributed by atoms with Gasteiger partial charge in [-0.3, -0.25) is 9.10 Å². The van der Waals surface area contributed by atoms with Crippen molar-refractivity contribution >= 4 is 21.6 Å². The Morgan fingerprint density at radius 2 is 1.74 bits per heavy atom. The molecule has 1 saturated heterocycles. The van der Waals surface area contributed by atoms with Gasteiger partial charge in [0.05, 0.1) is 11.9 Å². The summed E-state index contributed by atoms with van der Waals surface area (Å²) in [5, 5.41) is 3.04. The van der Waals surface area contributed by atoms with Gasteiger partial charge in [-0.1, -0.05) is 30.3 Å². The first-order chi connectivity index (χ1) is 14.8. The molecule has 168 valence electrons. The summed E-state index contributed by atoms with van der Waals surface area (Å²) in [7, 11) is -3.54. The third-order valence-corrected chi connectivity index (χ3v) is 6.93. The number of nitrogens with one attached hydrogen (secondary N) is 1. The van der Waals surface area contributed by atoms with Crippen LogP contribution < -0.4 is 9.62 Å². The summed E-state index contributed by atoms with van der Waals surface area (Å²) in [6.45, 7) is 1.99. The Balaban J connectivity index is 1.57. The van der Waals surface area contributed by atoms with Crippen molar-refractivity contribution in [3.63, 3.8) is 0 Å². The summed E-state index contributed by atoms with van der Waals surface area (Å²) in [4.78, 5) is 12.5. The molecule has 0 bridgehead atoms. The Morgan fingerprint density at radius 1 is 1.10 bits per heavy atom. The van der Waals surface area contributed by atoms with Gasteiger partial charge in [0.2, 0.25) is 15.9 Å². The topological polar surface area (TPSA) is 75.7 Å². The van der Waals surface area contributed by atoms with Crippen LogP contribution in [0.3, 0.4) is 0 Å². The highest BCUT2D eigenvalue weighted by molar-refractivity contribution is 7.92. The van der Waals surface area contributed by atoms with Gasteiger partial charge in [-0.05, 0) is 49.1 Å². The molecule has 6 nitrogen and oxygen atoms in total. The fourth-order valence-corrected chi connectivity index (χ4v) is 4.92. The lowest BCUT2D eigenvalue weighted by Gasteiger charge is -2.38. The maximum atomic E-state index is 13.2. The van der Waals surface area contributed by atoms with E-state index in [1.54, 1.807) is 0 Å². The molecular formula is C23H29FN2O4S. The second-order valence-corrected chi connectivity index (χ2v) is 9.86. The van der Waals surface area contributed by atoms with E-state index in [2.05, 4.69) is 17.4 Å². The average molecular weight is 449 g/mol. The Labute approximate surface area is 183 Å². The third kappa shape index (κ3) is 6.27. The fourth-order valence-electron chi connectivity index (χ4n) is 3.95. The molecular weight excluding hydrogens is 419 g/mol. The van der Waals surface area contributed by atoms with Crippen LogP contribution in [0.2, 0.25) is 0 Å². The molecule has 1 N–H and O–H groups in total. The summed E-state index contributed by atoms with van der Waals surface area (Å²) in [5.74, 6) is -0.550. The minimum atomic E-state index is -3.54. The maximum absolute atomic E-state index is 13.2. The SMILES string of the molecule is CS(=O)(=O)N(CCCC(=O)NCC1(c2ccccc2)CCOCC1)c1ccc(F)cc1. The number of nitrogens with zero attached hydrogens (tertiary/aromatic N) is 1. The molecule has 0 unspecified atom stereocenters. The van der Waals surface area contributed by atoms with E-state index < -0.39 is 15.8 Å². The predicted molar refractivity (Wildman–Crippen MR) is 119 cm³/mol. The Bertz CT molecular complexity index is 959. The van der Waals surface area contributed by atoms with Gasteiger partial charge in [0.25, 0.3) is 0 Å². The van der Waals surface area contributed by atoms with Crippen LogP contribution in [0.5, 0.6) is 0 Å². The van der Waals surface area contributed by atoms with Crippen LogP contribution in [0.15, 0.2) is 54.6 Å². The second-order valence-electron chi connectivity index (χ2n) is 7.95. The van der Waals surface area contributed by atoms with Crippen LogP contribution in [-0.4, -0.2) is 46.9 Å². The van der Waals surface area contributed by atoms with Crippen molar-refractivity contribution < 1.29 is 22.3 Å². The van der Waals surface area contributed by atoms with Crippen LogP contribution in [0.25, 0.3) is 0 Å². The molecule has 1 heterocycles. The van der Waals surface area contributed by atoms with Crippen molar-refractivity contribution in [2.45, 2.75) is 31.1 Å². The predicted octanol–water partition coefficient (Wildman–Crippen LogP) is 3.24. The van der Waals surface area contributed by atoms with Crippen LogP contribution in [0.1, 0.15) is 31.2 Å². The molecule has 1 fully saturated rings. The molecule has 1 amide bonds. The van der Waals surface area contributed by atoms with Gasteiger partial charge in [0.1, 0.15) is 5.82 Å². The molecule has 0 atom stereocenters. The van der Waals surface area contributed by atoms with Crippen LogP contribution in [0, 0.1) is 5.82 Å². The second kappa shape index (κ2) is 10.2. The van der Waals surface area contributed by atoms with Gasteiger partial charge in [0.15, 0.2) is 0 Å². The van der Waals surface area contributed by atoms with E-state index in [1.165, 1.54) is 34.1 Å². The standard InChI is InChI=1S/C23H29FN2O4S/c1-31(28,29)26(21-11-9-20(24)10-12-21)15-5-8-22(27)25-18-23(13-16-30-17-14-23)19-6-3-2-4-7-19/h2-4,6-7,9-12H,5,8,13-18H2,1H3,(H,25,27). The summed E-state index contributed by atoms with van der Waals surface area (Å²) >= 11 is 0. The van der Waals surface area contributed by atoms with E-state index in [-0.39, 0.29) is 24.3 Å². The molecule has 1 aliphatic heterocycles. The summed E-state index contributed by atoms with van der Waals surface area (Å²) < 4.78 is 44.2. The van der Waals surface area contributed by atoms with Gasteiger partial charge in [-0.25, -0.2) is 12.8 Å². The van der Waals surface area contributed by atoms with Crippen molar-refractivity contribution in [2.24, 2.45) is 0 Å². The molecule has 1 aliphatic rings. The molecule has 8 heteroatoms. The number of carbonyl (C=O) groups is 1. The van der Waals surface area contributed by atoms with Crippen molar-refractivity contribution in [1.29, 1.82) is 0 Å². The summed E-state index contributed by atoms with van der Waals surface area (Å²) in [6, 6.07) is 15.4. The molecule has 31 heavy (non-hydrogen) atoms. The van der Waals surface area contributed by atoms with Gasteiger partial charge < -0.3 is 10.1 Å². The zero-order valence-corrected chi connectivity index (χ0v) is 18.5. The van der Waals surface area contributed by atoms with Crippen molar-refractivity contribution in [3.05, 3.63) is 66.0 Å². The Hall–Kier alpha value is -2.45. The summed E-state index contributed by atoms with van der Waals surface area (Å²) in [6.07, 6.45) is 3.34. The largest absolute Gasteiger partial charge is 0.381 e. The number of benzene rings is 2. The highest BCUT2D eigenvalue weighted by Crippen LogP contribution is 2.34. The molecule has 2 aromatic carbocycles. The first-order valence-electron chi connectivity index (χ1n) is 10.4. The molecule has 2 aromatic rings. The zero-order valence-electron chi connectivity index (χ0n) is 17.7. The highest BCUT2D eigenvalue weighted by atomic mass is 32.2. The number of sulfonamides is 1. The van der Waals surface area contributed by atoms with Crippen molar-refractivity contribution in [1.82, 2.24) is 5.32 Å². The number of anilines is 1. The number of amides is 1. The number of hydrogen-bond acceptors (Lipinski definition) is 4. The number of halogens is 1. The highest BCUT2D eigenvalue weighted by Gasteiger charge is 2.34. The van der Waals surface area contributed by atoms with E-state index >= 15 is 0 Å². The first kappa shape index (κ1) is 23.2. The number of carbonyl (C=O) groups excluding carboxylic acids is 1. The number of hydrogen-bond donors (Lipinski definition) is 1. The van der Waals surface area contributed by atoms with Crippen LogP contribution in [-0.2, 0) is 25.0 Å². The number of ether oxygens (including phenoxy) is 1. The van der Waals surface area contributed by atoms with Gasteiger partial charge in [-0.2, -0.15) is 0 Å². The van der Waals surface area contributed by atoms with Crippen molar-refractivity contribution in [3.8, 4) is 0 Å². The smallest absolute Gasteiger partial charge is 0.232 e. The molecule has 0 aromatic heterocycles. The van der Waals surface area contributed by atoms with E-state index in [0.29, 0.717) is 31.9 Å². The minimum Gasteiger partial charge on any atom is -0.381 e. The van der Waals surface area contributed by atoms with Gasteiger partial charge in [0, 0.05) is 38.1 Å². The summed E-state index contributed by atoms with van der Waals surface area (Å²) in [5.41, 5.74) is 1.43. The monoisotopic (exact) mass is 448 g/mol. The average Bonchev–Trinajstić information content (AvgIpc) is 2.77. The lowest BCUT2D eigenvalue weighted by Crippen LogP contribution is -2.44. The third-order valence-electron chi connectivity index (χ3n) is 5.74. The van der Waals surface area contributed by atoms with E-state index in [9.17, 15) is 17.6 Å². The lowest BCUT2D eigenvalue weighted by atomic mass is 9.74. The minimum absolute atomic E-state index is 0.116. The maximum Gasteiger partial charge on any atom is 0.232 e. The lowest BCUT2D eigenvalue weighted by molar-refractivity contribution is -0.121. The normalized spacial score (nSPS) is 15.9. The van der Waals surface area contributed by atoms with Gasteiger partial charge >= 0.3 is 0 Å². The van der Waals surface area contributed by atoms with E-state index in [1.807, 2.05) is 18.2 Å². The molecule has 0 radical (unpaired) electrons.